The van der Waals surface area contributed by atoms with Gasteiger partial charge >= 0.3 is 5.97 Å². The zero-order chi connectivity index (χ0) is 21.9. The molecule has 0 radical (unpaired) electrons. The summed E-state index contributed by atoms with van der Waals surface area (Å²) in [6.07, 6.45) is 9.20. The number of allylic oxidation sites excluding steroid dienone is 2. The number of hydrogen-bond donors (Lipinski definition) is 0. The lowest BCUT2D eigenvalue weighted by Crippen LogP contribution is -2.05. The first-order valence-corrected chi connectivity index (χ1v) is 12.2. The van der Waals surface area contributed by atoms with Gasteiger partial charge in [-0.25, -0.2) is 13.2 Å². The minimum Gasteiger partial charge on any atom is -0.465 e. The molecule has 0 heterocycles. The van der Waals surface area contributed by atoms with E-state index < -0.39 is 9.84 Å². The maximum atomic E-state index is 12.2. The summed E-state index contributed by atoms with van der Waals surface area (Å²) in [4.78, 5) is 12.5. The Kier molecular flexibility index (Phi) is 6.61. The Morgan fingerprint density at radius 2 is 1.87 bits per heavy atom. The van der Waals surface area contributed by atoms with Crippen molar-refractivity contribution in [2.75, 3.05) is 13.4 Å². The largest absolute Gasteiger partial charge is 0.465 e. The van der Waals surface area contributed by atoms with E-state index in [9.17, 15) is 13.2 Å². The van der Waals surface area contributed by atoms with E-state index in [1.807, 2.05) is 31.2 Å². The van der Waals surface area contributed by atoms with Crippen molar-refractivity contribution in [1.29, 1.82) is 0 Å². The smallest absolute Gasteiger partial charge is 0.338 e. The van der Waals surface area contributed by atoms with Gasteiger partial charge < -0.3 is 4.74 Å². The van der Waals surface area contributed by atoms with E-state index in [0.29, 0.717) is 10.5 Å². The van der Waals surface area contributed by atoms with Crippen LogP contribution in [0.15, 0.2) is 46.9 Å². The minimum absolute atomic E-state index is 0.328. The summed E-state index contributed by atoms with van der Waals surface area (Å²) >= 11 is 0. The number of ether oxygens (including phenoxy) is 1. The molecule has 4 nitrogen and oxygen atoms in total. The quantitative estimate of drug-likeness (QED) is 0.546. The summed E-state index contributed by atoms with van der Waals surface area (Å²) in [7, 11) is -1.87. The second-order valence-corrected chi connectivity index (χ2v) is 9.63. The molecule has 5 heteroatoms. The number of esters is 1. The van der Waals surface area contributed by atoms with E-state index in [0.717, 1.165) is 53.5 Å². The molecule has 0 saturated heterocycles. The highest BCUT2D eigenvalue weighted by Gasteiger charge is 2.21. The predicted molar refractivity (Wildman–Crippen MR) is 122 cm³/mol. The third kappa shape index (κ3) is 4.57. The van der Waals surface area contributed by atoms with Gasteiger partial charge in [-0.05, 0) is 76.9 Å². The van der Waals surface area contributed by atoms with Crippen LogP contribution in [0.3, 0.4) is 0 Å². The molecule has 0 aliphatic heterocycles. The molecule has 0 amide bonds. The van der Waals surface area contributed by atoms with Crippen molar-refractivity contribution in [3.05, 3.63) is 69.8 Å². The van der Waals surface area contributed by atoms with Crippen molar-refractivity contribution >= 4 is 33.5 Å². The Bertz CT molecular complexity index is 1140. The summed E-state index contributed by atoms with van der Waals surface area (Å²) in [5, 5.41) is 0. The molecule has 2 aromatic rings. The third-order valence-corrected chi connectivity index (χ3v) is 6.56. The number of unbranched alkanes of at least 4 members (excludes halogenated alkanes) is 1. The number of hydrogen-bond acceptors (Lipinski definition) is 4. The van der Waals surface area contributed by atoms with Crippen molar-refractivity contribution < 1.29 is 17.9 Å². The SMILES string of the molecule is CCCCC1=Cc2cc(S(C)(=O)=O)ccc2/C1=C\c1ccc(CC)c(C(=O)OC)c1. The first-order chi connectivity index (χ1) is 14.3. The van der Waals surface area contributed by atoms with Gasteiger partial charge in [0.25, 0.3) is 0 Å². The Morgan fingerprint density at radius 1 is 1.10 bits per heavy atom. The molecule has 3 rings (SSSR count). The van der Waals surface area contributed by atoms with Crippen LogP contribution in [0.2, 0.25) is 0 Å². The zero-order valence-corrected chi connectivity index (χ0v) is 18.8. The van der Waals surface area contributed by atoms with Gasteiger partial charge in [-0.1, -0.05) is 44.5 Å². The topological polar surface area (TPSA) is 60.4 Å². The summed E-state index contributed by atoms with van der Waals surface area (Å²) in [5.41, 5.74) is 6.68. The van der Waals surface area contributed by atoms with Crippen LogP contribution in [-0.2, 0) is 21.0 Å². The van der Waals surface area contributed by atoms with E-state index in [4.69, 9.17) is 4.74 Å². The van der Waals surface area contributed by atoms with Gasteiger partial charge in [0.05, 0.1) is 17.6 Å². The Labute approximate surface area is 179 Å². The Morgan fingerprint density at radius 3 is 2.50 bits per heavy atom. The zero-order valence-electron chi connectivity index (χ0n) is 18.0. The molecule has 0 saturated carbocycles. The fourth-order valence-corrected chi connectivity index (χ4v) is 4.43. The minimum atomic E-state index is -3.26. The molecule has 2 aromatic carbocycles. The third-order valence-electron chi connectivity index (χ3n) is 5.45. The number of rotatable bonds is 7. The fourth-order valence-electron chi connectivity index (χ4n) is 3.78. The Hall–Kier alpha value is -2.66. The molecule has 0 bridgehead atoms. The monoisotopic (exact) mass is 424 g/mol. The number of benzene rings is 2. The molecule has 30 heavy (non-hydrogen) atoms. The van der Waals surface area contributed by atoms with Gasteiger partial charge in [0.15, 0.2) is 9.84 Å². The predicted octanol–water partition coefficient (Wildman–Crippen LogP) is 5.57. The van der Waals surface area contributed by atoms with Crippen LogP contribution in [0, 0.1) is 0 Å². The van der Waals surface area contributed by atoms with Gasteiger partial charge in [0, 0.05) is 6.26 Å². The molecule has 0 aromatic heterocycles. The van der Waals surface area contributed by atoms with Gasteiger partial charge in [0.2, 0.25) is 0 Å². The molecule has 1 aliphatic carbocycles. The lowest BCUT2D eigenvalue weighted by Gasteiger charge is -2.11. The van der Waals surface area contributed by atoms with Crippen molar-refractivity contribution in [3.8, 4) is 0 Å². The maximum Gasteiger partial charge on any atom is 0.338 e. The number of fused-ring (bicyclic) bond motifs is 1. The number of methoxy groups -OCH3 is 1. The van der Waals surface area contributed by atoms with Gasteiger partial charge in [-0.3, -0.25) is 0 Å². The number of aryl methyl sites for hydroxylation is 1. The second-order valence-electron chi connectivity index (χ2n) is 7.61. The average molecular weight is 425 g/mol. The molecule has 0 fully saturated rings. The van der Waals surface area contributed by atoms with Crippen LogP contribution in [-0.4, -0.2) is 27.8 Å². The van der Waals surface area contributed by atoms with E-state index >= 15 is 0 Å². The summed E-state index contributed by atoms with van der Waals surface area (Å²) < 4.78 is 28.9. The number of carbonyl (C=O) groups is 1. The molecule has 0 atom stereocenters. The summed E-state index contributed by atoms with van der Waals surface area (Å²) in [6, 6.07) is 11.2. The van der Waals surface area contributed by atoms with Crippen LogP contribution in [0.4, 0.5) is 0 Å². The lowest BCUT2D eigenvalue weighted by atomic mass is 9.95. The fraction of sp³-hybridized carbons (Fsp3) is 0.320. The molecular formula is C25H28O4S. The van der Waals surface area contributed by atoms with E-state index in [2.05, 4.69) is 19.1 Å². The van der Waals surface area contributed by atoms with Gasteiger partial charge in [-0.15, -0.1) is 0 Å². The summed E-state index contributed by atoms with van der Waals surface area (Å²) in [5.74, 6) is -0.335. The number of sulfone groups is 1. The van der Waals surface area contributed by atoms with E-state index in [1.165, 1.54) is 18.9 Å². The first kappa shape index (κ1) is 22.0. The maximum absolute atomic E-state index is 12.2. The first-order valence-electron chi connectivity index (χ1n) is 10.3. The van der Waals surface area contributed by atoms with Crippen molar-refractivity contribution in [1.82, 2.24) is 0 Å². The molecule has 1 aliphatic rings. The summed E-state index contributed by atoms with van der Waals surface area (Å²) in [6.45, 7) is 4.16. The van der Waals surface area contributed by atoms with Crippen molar-refractivity contribution in [2.45, 2.75) is 44.4 Å². The van der Waals surface area contributed by atoms with Crippen LogP contribution < -0.4 is 0 Å². The molecule has 0 unspecified atom stereocenters. The molecule has 0 spiro atoms. The van der Waals surface area contributed by atoms with Crippen LogP contribution in [0.1, 0.15) is 65.7 Å². The highest BCUT2D eigenvalue weighted by Crippen LogP contribution is 2.40. The normalized spacial score (nSPS) is 14.5. The molecular weight excluding hydrogens is 396 g/mol. The molecule has 158 valence electrons. The molecule has 0 N–H and O–H groups in total. The number of carbonyl (C=O) groups excluding carboxylic acids is 1. The van der Waals surface area contributed by atoms with Crippen LogP contribution in [0.5, 0.6) is 0 Å². The average Bonchev–Trinajstić information content (AvgIpc) is 3.07. The lowest BCUT2D eigenvalue weighted by molar-refractivity contribution is 0.0599. The highest BCUT2D eigenvalue weighted by molar-refractivity contribution is 7.90. The van der Waals surface area contributed by atoms with E-state index in [-0.39, 0.29) is 5.97 Å². The van der Waals surface area contributed by atoms with E-state index in [1.54, 1.807) is 12.1 Å². The van der Waals surface area contributed by atoms with Crippen LogP contribution >= 0.6 is 0 Å². The highest BCUT2D eigenvalue weighted by atomic mass is 32.2. The van der Waals surface area contributed by atoms with Gasteiger partial charge in [0.1, 0.15) is 0 Å². The van der Waals surface area contributed by atoms with Crippen molar-refractivity contribution in [2.24, 2.45) is 0 Å². The van der Waals surface area contributed by atoms with Gasteiger partial charge in [-0.2, -0.15) is 0 Å². The van der Waals surface area contributed by atoms with Crippen LogP contribution in [0.25, 0.3) is 17.7 Å². The van der Waals surface area contributed by atoms with Crippen molar-refractivity contribution in [3.63, 3.8) is 0 Å². The second kappa shape index (κ2) is 9.00. The standard InChI is InChI=1S/C25H28O4S/c1-5-7-8-19-15-20-16-21(30(4,27)28)11-12-22(20)23(19)13-17-9-10-18(6-2)24(14-17)25(26)29-3/h9-16H,5-8H2,1-4H3/b23-13-. The Balaban J connectivity index is 2.11.